The van der Waals surface area contributed by atoms with Gasteiger partial charge in [0.15, 0.2) is 0 Å². The molecule has 3 aromatic rings. The molecule has 0 aromatic heterocycles. The van der Waals surface area contributed by atoms with Gasteiger partial charge in [-0.1, -0.05) is 66.2 Å². The molecule has 0 spiro atoms. The summed E-state index contributed by atoms with van der Waals surface area (Å²) in [6.45, 7) is 2.08. The first-order valence-electron chi connectivity index (χ1n) is 7.75. The Balaban J connectivity index is 0.000000249. The Kier molecular flexibility index (Phi) is 6.84. The summed E-state index contributed by atoms with van der Waals surface area (Å²) in [5.41, 5.74) is 3.41. The van der Waals surface area contributed by atoms with Crippen molar-refractivity contribution < 1.29 is 9.47 Å². The van der Waals surface area contributed by atoms with E-state index in [4.69, 9.17) is 9.47 Å². The molecule has 0 heterocycles. The lowest BCUT2D eigenvalue weighted by Crippen LogP contribution is -2.00. The highest BCUT2D eigenvalue weighted by Gasteiger charge is 2.13. The minimum absolute atomic E-state index is 0.819. The molecule has 124 valence electrons. The monoisotopic (exact) mass is 338 g/mol. The molecule has 0 radical (unpaired) electrons. The average molecular weight is 338 g/mol. The fourth-order valence-corrected chi connectivity index (χ4v) is 2.73. The molecule has 0 fully saturated rings. The SMILES string of the molecule is COc1cccc(OC)c1-c1ccccc1P.Cc1ccccc1. The molecule has 1 atom stereocenters. The maximum atomic E-state index is 5.41. The van der Waals surface area contributed by atoms with Crippen LogP contribution in [0.15, 0.2) is 72.8 Å². The summed E-state index contributed by atoms with van der Waals surface area (Å²) >= 11 is 0. The van der Waals surface area contributed by atoms with E-state index >= 15 is 0 Å². The molecule has 0 aliphatic carbocycles. The zero-order valence-corrected chi connectivity index (χ0v) is 15.5. The zero-order chi connectivity index (χ0) is 17.4. The van der Waals surface area contributed by atoms with Crippen LogP contribution in [-0.2, 0) is 0 Å². The number of hydrogen-bond donors (Lipinski definition) is 0. The maximum Gasteiger partial charge on any atom is 0.130 e. The van der Waals surface area contributed by atoms with E-state index in [0.29, 0.717) is 0 Å². The lowest BCUT2D eigenvalue weighted by atomic mass is 10.0. The second-order valence-electron chi connectivity index (χ2n) is 5.28. The first kappa shape index (κ1) is 18.0. The van der Waals surface area contributed by atoms with E-state index in [1.54, 1.807) is 14.2 Å². The number of ether oxygens (including phenoxy) is 2. The molecule has 1 unspecified atom stereocenters. The normalized spacial score (nSPS) is 9.67. The van der Waals surface area contributed by atoms with Crippen molar-refractivity contribution in [2.45, 2.75) is 6.92 Å². The molecule has 3 rings (SSSR count). The molecule has 3 aromatic carbocycles. The number of hydrogen-bond acceptors (Lipinski definition) is 2. The molecule has 0 N–H and O–H groups in total. The second kappa shape index (κ2) is 9.10. The van der Waals surface area contributed by atoms with Gasteiger partial charge in [0, 0.05) is 0 Å². The topological polar surface area (TPSA) is 18.5 Å². The third kappa shape index (κ3) is 4.59. The molecule has 3 heteroatoms. The van der Waals surface area contributed by atoms with Crippen LogP contribution in [0.1, 0.15) is 5.56 Å². The molecule has 0 bridgehead atoms. The quantitative estimate of drug-likeness (QED) is 0.635. The standard InChI is InChI=1S/C14H15O2P.C7H8/c1-15-11-7-5-8-12(16-2)14(11)10-6-3-4-9-13(10)17;1-7-5-3-2-4-6-7/h3-9H,17H2,1-2H3;2-6H,1H3. The molecule has 0 saturated carbocycles. The molecule has 0 aliphatic heterocycles. The van der Waals surface area contributed by atoms with Gasteiger partial charge in [0.25, 0.3) is 0 Å². The predicted molar refractivity (Wildman–Crippen MR) is 106 cm³/mol. The molecule has 2 nitrogen and oxygen atoms in total. The largest absolute Gasteiger partial charge is 0.496 e. The van der Waals surface area contributed by atoms with Gasteiger partial charge in [-0.3, -0.25) is 0 Å². The van der Waals surface area contributed by atoms with Crippen LogP contribution < -0.4 is 14.8 Å². The van der Waals surface area contributed by atoms with Crippen LogP contribution in [0.3, 0.4) is 0 Å². The lowest BCUT2D eigenvalue weighted by Gasteiger charge is -2.14. The molecular weight excluding hydrogens is 315 g/mol. The lowest BCUT2D eigenvalue weighted by molar-refractivity contribution is 0.397. The van der Waals surface area contributed by atoms with Crippen molar-refractivity contribution in [1.82, 2.24) is 0 Å². The predicted octanol–water partition coefficient (Wildman–Crippen LogP) is 4.87. The summed E-state index contributed by atoms with van der Waals surface area (Å²) < 4.78 is 10.8. The maximum absolute atomic E-state index is 5.41. The number of methoxy groups -OCH3 is 2. The van der Waals surface area contributed by atoms with Crippen LogP contribution in [0.2, 0.25) is 0 Å². The minimum atomic E-state index is 0.819. The van der Waals surface area contributed by atoms with Crippen LogP contribution in [0.5, 0.6) is 11.5 Å². The Hall–Kier alpha value is -2.31. The van der Waals surface area contributed by atoms with E-state index in [-0.39, 0.29) is 0 Å². The zero-order valence-electron chi connectivity index (χ0n) is 14.3. The Bertz CT molecular complexity index is 748. The average Bonchev–Trinajstić information content (AvgIpc) is 2.62. The minimum Gasteiger partial charge on any atom is -0.496 e. The second-order valence-corrected chi connectivity index (χ2v) is 5.90. The number of rotatable bonds is 3. The highest BCUT2D eigenvalue weighted by Crippen LogP contribution is 2.37. The van der Waals surface area contributed by atoms with Gasteiger partial charge in [-0.05, 0) is 29.9 Å². The van der Waals surface area contributed by atoms with Gasteiger partial charge < -0.3 is 9.47 Å². The van der Waals surface area contributed by atoms with Gasteiger partial charge in [-0.15, -0.1) is 9.24 Å². The molecule has 0 aliphatic rings. The first-order valence-corrected chi connectivity index (χ1v) is 8.32. The van der Waals surface area contributed by atoms with E-state index in [0.717, 1.165) is 27.9 Å². The van der Waals surface area contributed by atoms with E-state index in [2.05, 4.69) is 34.4 Å². The van der Waals surface area contributed by atoms with Crippen LogP contribution in [0, 0.1) is 6.92 Å². The summed E-state index contributed by atoms with van der Waals surface area (Å²) in [5, 5.41) is 1.12. The van der Waals surface area contributed by atoms with Gasteiger partial charge in [-0.2, -0.15) is 0 Å². The molecule has 0 amide bonds. The fraction of sp³-hybridized carbons (Fsp3) is 0.143. The smallest absolute Gasteiger partial charge is 0.130 e. The van der Waals surface area contributed by atoms with Crippen LogP contribution in [0.25, 0.3) is 11.1 Å². The molecule has 0 saturated heterocycles. The van der Waals surface area contributed by atoms with E-state index in [1.807, 2.05) is 54.6 Å². The Morgan fingerprint density at radius 1 is 0.667 bits per heavy atom. The van der Waals surface area contributed by atoms with Crippen molar-refractivity contribution in [2.24, 2.45) is 0 Å². The number of aryl methyl sites for hydroxylation is 1. The third-order valence-corrected chi connectivity index (χ3v) is 4.10. The van der Waals surface area contributed by atoms with Crippen molar-refractivity contribution in [1.29, 1.82) is 0 Å². The van der Waals surface area contributed by atoms with Crippen LogP contribution in [0.4, 0.5) is 0 Å². The van der Waals surface area contributed by atoms with Crippen molar-refractivity contribution in [2.75, 3.05) is 14.2 Å². The summed E-state index contributed by atoms with van der Waals surface area (Å²) in [7, 11) is 6.08. The third-order valence-electron chi connectivity index (χ3n) is 3.60. The van der Waals surface area contributed by atoms with Gasteiger partial charge in [0.05, 0.1) is 19.8 Å². The highest BCUT2D eigenvalue weighted by atomic mass is 31.0. The van der Waals surface area contributed by atoms with E-state index < -0.39 is 0 Å². The van der Waals surface area contributed by atoms with Crippen LogP contribution >= 0.6 is 9.24 Å². The van der Waals surface area contributed by atoms with E-state index in [1.165, 1.54) is 5.56 Å². The molecular formula is C21H23O2P. The Morgan fingerprint density at radius 3 is 1.67 bits per heavy atom. The Morgan fingerprint density at radius 2 is 1.21 bits per heavy atom. The summed E-state index contributed by atoms with van der Waals surface area (Å²) in [6, 6.07) is 24.2. The number of benzene rings is 3. The van der Waals surface area contributed by atoms with Crippen molar-refractivity contribution >= 4 is 14.5 Å². The van der Waals surface area contributed by atoms with Crippen molar-refractivity contribution in [3.8, 4) is 22.6 Å². The molecule has 24 heavy (non-hydrogen) atoms. The first-order chi connectivity index (χ1) is 11.7. The van der Waals surface area contributed by atoms with Gasteiger partial charge in [0.2, 0.25) is 0 Å². The summed E-state index contributed by atoms with van der Waals surface area (Å²) in [4.78, 5) is 0. The van der Waals surface area contributed by atoms with Gasteiger partial charge in [-0.25, -0.2) is 0 Å². The summed E-state index contributed by atoms with van der Waals surface area (Å²) in [5.74, 6) is 1.64. The van der Waals surface area contributed by atoms with E-state index in [9.17, 15) is 0 Å². The van der Waals surface area contributed by atoms with Gasteiger partial charge >= 0.3 is 0 Å². The van der Waals surface area contributed by atoms with Crippen molar-refractivity contribution in [3.63, 3.8) is 0 Å². The van der Waals surface area contributed by atoms with Crippen molar-refractivity contribution in [3.05, 3.63) is 78.4 Å². The summed E-state index contributed by atoms with van der Waals surface area (Å²) in [6.07, 6.45) is 0. The fourth-order valence-electron chi connectivity index (χ4n) is 2.38. The Labute approximate surface area is 146 Å². The van der Waals surface area contributed by atoms with Crippen LogP contribution in [-0.4, -0.2) is 14.2 Å². The highest BCUT2D eigenvalue weighted by molar-refractivity contribution is 7.28. The van der Waals surface area contributed by atoms with Gasteiger partial charge in [0.1, 0.15) is 11.5 Å².